The Morgan fingerprint density at radius 1 is 0.545 bits per heavy atom. The van der Waals surface area contributed by atoms with E-state index in [1.165, 1.54) is 94.7 Å². The molecule has 0 radical (unpaired) electrons. The maximum absolute atomic E-state index is 1.69. The maximum atomic E-state index is 1.69. The third kappa shape index (κ3) is 0.565. The summed E-state index contributed by atoms with van der Waals surface area (Å²) in [5, 5.41) is 0. The van der Waals surface area contributed by atoms with Crippen molar-refractivity contribution < 1.29 is 0 Å². The van der Waals surface area contributed by atoms with Gasteiger partial charge >= 0.3 is 0 Å². The standard InChI is InChI=1S/C22H26/c1-2-8-7(1)10-11(8)14-13(10)16-17(14)19-18(16)15-12-9-5-6-3-4-22(6,9)21(12)20(15)19/h6-21H,1-5H2. The second-order valence-electron chi connectivity index (χ2n) is 12.0. The number of hydrogen-bond donors (Lipinski definition) is 0. The van der Waals surface area contributed by atoms with Crippen LogP contribution < -0.4 is 0 Å². The van der Waals surface area contributed by atoms with Crippen molar-refractivity contribution in [3.8, 4) is 0 Å². The average molecular weight is 290 g/mol. The SMILES string of the molecule is C1CC2C1C1C2C2C1C1C2C2C1C1C2C2C1C1CC3CCC312. The Labute approximate surface area is 132 Å². The Hall–Kier alpha value is 0. The molecule has 0 heteroatoms. The van der Waals surface area contributed by atoms with Gasteiger partial charge < -0.3 is 0 Å². The molecule has 10 aliphatic carbocycles. The van der Waals surface area contributed by atoms with Crippen LogP contribution in [0.1, 0.15) is 32.1 Å². The highest BCUT2D eigenvalue weighted by atomic mass is 15.0. The number of fused-ring (bicyclic) bond motifs is 20. The van der Waals surface area contributed by atoms with E-state index in [1.807, 2.05) is 0 Å². The zero-order valence-electron chi connectivity index (χ0n) is 13.3. The molecule has 0 aromatic heterocycles. The van der Waals surface area contributed by atoms with Gasteiger partial charge in [-0.15, -0.1) is 0 Å². The van der Waals surface area contributed by atoms with Gasteiger partial charge in [-0.1, -0.05) is 0 Å². The first-order valence-corrected chi connectivity index (χ1v) is 10.9. The molecule has 10 rings (SSSR count). The molecule has 22 heavy (non-hydrogen) atoms. The van der Waals surface area contributed by atoms with Crippen molar-refractivity contribution in [3.05, 3.63) is 0 Å². The Kier molecular flexibility index (Phi) is 1.11. The van der Waals surface area contributed by atoms with Gasteiger partial charge in [-0.2, -0.15) is 0 Å². The molecular weight excluding hydrogens is 264 g/mol. The lowest BCUT2D eigenvalue weighted by atomic mass is 9.06. The van der Waals surface area contributed by atoms with Crippen LogP contribution in [-0.4, -0.2) is 0 Å². The van der Waals surface area contributed by atoms with E-state index in [1.54, 1.807) is 32.1 Å². The van der Waals surface area contributed by atoms with E-state index in [9.17, 15) is 0 Å². The topological polar surface area (TPSA) is 0 Å². The fraction of sp³-hybridized carbons (Fsp3) is 1.00. The minimum Gasteiger partial charge on any atom is -0.0496 e. The summed E-state index contributed by atoms with van der Waals surface area (Å²) in [4.78, 5) is 0. The number of rotatable bonds is 0. The van der Waals surface area contributed by atoms with Crippen LogP contribution in [0.3, 0.4) is 0 Å². The lowest BCUT2D eigenvalue weighted by molar-refractivity contribution is -0.512. The highest BCUT2D eigenvalue weighted by molar-refractivity contribution is 5.40. The first-order valence-electron chi connectivity index (χ1n) is 10.9. The van der Waals surface area contributed by atoms with E-state index in [4.69, 9.17) is 0 Å². The second-order valence-corrected chi connectivity index (χ2v) is 12.0. The van der Waals surface area contributed by atoms with Crippen LogP contribution in [0.2, 0.25) is 0 Å². The predicted octanol–water partition coefficient (Wildman–Crippen LogP) is 3.92. The van der Waals surface area contributed by atoms with Crippen LogP contribution in [0.5, 0.6) is 0 Å². The summed E-state index contributed by atoms with van der Waals surface area (Å²) in [6, 6.07) is 0. The molecule has 0 heterocycles. The third-order valence-electron chi connectivity index (χ3n) is 13.4. The Bertz CT molecular complexity index is 681. The molecule has 0 amide bonds. The Morgan fingerprint density at radius 2 is 1.14 bits per heavy atom. The summed E-state index contributed by atoms with van der Waals surface area (Å²) in [5.41, 5.74) is 1.02. The van der Waals surface area contributed by atoms with E-state index in [-0.39, 0.29) is 0 Å². The van der Waals surface area contributed by atoms with Gasteiger partial charge in [-0.05, 0) is 132 Å². The molecule has 0 nitrogen and oxygen atoms in total. The van der Waals surface area contributed by atoms with Gasteiger partial charge in [-0.3, -0.25) is 0 Å². The number of hydrogen-bond acceptors (Lipinski definition) is 0. The zero-order chi connectivity index (χ0) is 13.3. The lowest BCUT2D eigenvalue weighted by Gasteiger charge is -2.98. The Morgan fingerprint density at radius 3 is 1.68 bits per heavy atom. The first-order chi connectivity index (χ1) is 10.9. The smallest absolute Gasteiger partial charge is 0.0204 e. The van der Waals surface area contributed by atoms with Crippen molar-refractivity contribution >= 4 is 0 Å². The van der Waals surface area contributed by atoms with Crippen molar-refractivity contribution in [1.82, 2.24) is 0 Å². The van der Waals surface area contributed by atoms with Crippen LogP contribution in [0.15, 0.2) is 0 Å². The molecule has 17 atom stereocenters. The average Bonchev–Trinajstić information content (AvgIpc) is 2.43. The van der Waals surface area contributed by atoms with Gasteiger partial charge in [0.1, 0.15) is 0 Å². The fourth-order valence-corrected chi connectivity index (χ4v) is 13.1. The normalized spacial score (nSPS) is 92.7. The van der Waals surface area contributed by atoms with Crippen molar-refractivity contribution in [2.24, 2.45) is 100 Å². The summed E-state index contributed by atoms with van der Waals surface area (Å²) in [6.45, 7) is 0. The summed E-state index contributed by atoms with van der Waals surface area (Å²) in [5.74, 6) is 20.8. The summed E-state index contributed by atoms with van der Waals surface area (Å²) >= 11 is 0. The second kappa shape index (κ2) is 2.41. The molecule has 0 bridgehead atoms. The van der Waals surface area contributed by atoms with Crippen LogP contribution in [0.25, 0.3) is 0 Å². The molecule has 10 aliphatic rings. The van der Waals surface area contributed by atoms with Crippen LogP contribution in [0, 0.1) is 100 Å². The van der Waals surface area contributed by atoms with Crippen molar-refractivity contribution in [2.45, 2.75) is 32.1 Å². The molecule has 0 aliphatic heterocycles. The predicted molar refractivity (Wildman–Crippen MR) is 81.4 cm³/mol. The minimum absolute atomic E-state index is 1.02. The van der Waals surface area contributed by atoms with Gasteiger partial charge in [0.2, 0.25) is 0 Å². The molecule has 0 aromatic carbocycles. The highest BCUT2D eigenvalue weighted by Crippen LogP contribution is 2.97. The zero-order valence-corrected chi connectivity index (χ0v) is 13.3. The van der Waals surface area contributed by atoms with Crippen LogP contribution in [-0.2, 0) is 0 Å². The van der Waals surface area contributed by atoms with E-state index < -0.39 is 0 Å². The lowest BCUT2D eigenvalue weighted by Crippen LogP contribution is -2.94. The fourth-order valence-electron chi connectivity index (χ4n) is 13.1. The van der Waals surface area contributed by atoms with Crippen molar-refractivity contribution in [2.75, 3.05) is 0 Å². The molecule has 0 aromatic rings. The quantitative estimate of drug-likeness (QED) is 0.593. The Balaban J connectivity index is 1.03. The minimum atomic E-state index is 1.02. The maximum Gasteiger partial charge on any atom is -0.0204 e. The molecule has 17 unspecified atom stereocenters. The molecule has 114 valence electrons. The summed E-state index contributed by atoms with van der Waals surface area (Å²) < 4.78 is 0. The molecule has 1 spiro atoms. The summed E-state index contributed by atoms with van der Waals surface area (Å²) in [6.07, 6.45) is 8.29. The largest absolute Gasteiger partial charge is 0.0496 e. The highest BCUT2D eigenvalue weighted by Gasteiger charge is 2.93. The molecule has 0 N–H and O–H groups in total. The van der Waals surface area contributed by atoms with Crippen LogP contribution in [0.4, 0.5) is 0 Å². The van der Waals surface area contributed by atoms with Crippen molar-refractivity contribution in [1.29, 1.82) is 0 Å². The van der Waals surface area contributed by atoms with Crippen LogP contribution >= 0.6 is 0 Å². The van der Waals surface area contributed by atoms with E-state index in [0.29, 0.717) is 0 Å². The van der Waals surface area contributed by atoms with Crippen molar-refractivity contribution in [3.63, 3.8) is 0 Å². The van der Waals surface area contributed by atoms with Gasteiger partial charge in [-0.25, -0.2) is 0 Å². The molecule has 0 saturated heterocycles. The molecule has 10 saturated carbocycles. The molecular formula is C22H26. The van der Waals surface area contributed by atoms with Gasteiger partial charge in [0, 0.05) is 0 Å². The summed E-state index contributed by atoms with van der Waals surface area (Å²) in [7, 11) is 0. The monoisotopic (exact) mass is 290 g/mol. The molecule has 10 fully saturated rings. The van der Waals surface area contributed by atoms with E-state index in [2.05, 4.69) is 0 Å². The van der Waals surface area contributed by atoms with E-state index in [0.717, 1.165) is 5.41 Å². The first kappa shape index (κ1) is 10.1. The van der Waals surface area contributed by atoms with Gasteiger partial charge in [0.25, 0.3) is 0 Å². The van der Waals surface area contributed by atoms with Gasteiger partial charge in [0.15, 0.2) is 0 Å². The third-order valence-corrected chi connectivity index (χ3v) is 13.4. The van der Waals surface area contributed by atoms with E-state index >= 15 is 0 Å². The van der Waals surface area contributed by atoms with Gasteiger partial charge in [0.05, 0.1) is 0 Å².